The first kappa shape index (κ1) is 15.7. The van der Waals surface area contributed by atoms with Crippen LogP contribution in [0.25, 0.3) is 0 Å². The van der Waals surface area contributed by atoms with E-state index in [1.807, 2.05) is 0 Å². The Balaban J connectivity index is 2.10. The van der Waals surface area contributed by atoms with Crippen LogP contribution in [-0.4, -0.2) is 24.5 Å². The van der Waals surface area contributed by atoms with E-state index in [9.17, 15) is 4.39 Å². The van der Waals surface area contributed by atoms with E-state index in [4.69, 9.17) is 17.3 Å². The number of nitrogens with zero attached hydrogens (tertiary/aromatic N) is 1. The Morgan fingerprint density at radius 2 is 2.10 bits per heavy atom. The molecular weight excluding hydrogens is 275 g/mol. The number of piperidine rings is 1. The highest BCUT2D eigenvalue weighted by atomic mass is 35.5. The second-order valence-electron chi connectivity index (χ2n) is 5.65. The molecule has 1 aromatic carbocycles. The summed E-state index contributed by atoms with van der Waals surface area (Å²) in [6, 6.07) is 4.74. The quantitative estimate of drug-likeness (QED) is 0.890. The van der Waals surface area contributed by atoms with E-state index in [-0.39, 0.29) is 11.9 Å². The van der Waals surface area contributed by atoms with Crippen molar-refractivity contribution in [3.8, 4) is 0 Å². The summed E-state index contributed by atoms with van der Waals surface area (Å²) in [6.07, 6.45) is 4.89. The van der Waals surface area contributed by atoms with Gasteiger partial charge >= 0.3 is 0 Å². The van der Waals surface area contributed by atoms with Gasteiger partial charge in [0.05, 0.1) is 6.04 Å². The fraction of sp³-hybridized carbons (Fsp3) is 0.625. The molecule has 1 aliphatic heterocycles. The van der Waals surface area contributed by atoms with Crippen LogP contribution in [0.2, 0.25) is 5.02 Å². The molecule has 0 amide bonds. The lowest BCUT2D eigenvalue weighted by Gasteiger charge is -2.37. The SMILES string of the molecule is CCCC1CCN(C(CN)c2c(F)cccc2Cl)CC1. The zero-order chi connectivity index (χ0) is 14.5. The maximum Gasteiger partial charge on any atom is 0.129 e. The van der Waals surface area contributed by atoms with Gasteiger partial charge in [0.2, 0.25) is 0 Å². The molecule has 20 heavy (non-hydrogen) atoms. The summed E-state index contributed by atoms with van der Waals surface area (Å²) in [5.41, 5.74) is 6.46. The van der Waals surface area contributed by atoms with E-state index in [0.717, 1.165) is 19.0 Å². The second kappa shape index (κ2) is 7.39. The van der Waals surface area contributed by atoms with Gasteiger partial charge in [0.15, 0.2) is 0 Å². The number of nitrogens with two attached hydrogens (primary N) is 1. The molecule has 0 radical (unpaired) electrons. The van der Waals surface area contributed by atoms with Crippen molar-refractivity contribution in [2.45, 2.75) is 38.6 Å². The summed E-state index contributed by atoms with van der Waals surface area (Å²) in [7, 11) is 0. The van der Waals surface area contributed by atoms with Crippen molar-refractivity contribution in [3.63, 3.8) is 0 Å². The van der Waals surface area contributed by atoms with Crippen LogP contribution in [0.5, 0.6) is 0 Å². The summed E-state index contributed by atoms with van der Waals surface area (Å²) >= 11 is 6.18. The molecule has 1 aromatic rings. The van der Waals surface area contributed by atoms with Crippen molar-refractivity contribution in [1.82, 2.24) is 4.90 Å². The molecule has 2 rings (SSSR count). The van der Waals surface area contributed by atoms with E-state index in [1.54, 1.807) is 12.1 Å². The van der Waals surface area contributed by atoms with Gasteiger partial charge < -0.3 is 5.73 Å². The maximum absolute atomic E-state index is 14.1. The number of hydrogen-bond acceptors (Lipinski definition) is 2. The van der Waals surface area contributed by atoms with Crippen LogP contribution in [0.1, 0.15) is 44.2 Å². The number of likely N-dealkylation sites (tertiary alicyclic amines) is 1. The molecule has 1 heterocycles. The number of rotatable bonds is 5. The molecule has 4 heteroatoms. The third-order valence-corrected chi connectivity index (χ3v) is 4.67. The highest BCUT2D eigenvalue weighted by Gasteiger charge is 2.28. The maximum atomic E-state index is 14.1. The average molecular weight is 299 g/mol. The minimum absolute atomic E-state index is 0.105. The Labute approximate surface area is 126 Å². The molecule has 1 saturated heterocycles. The van der Waals surface area contributed by atoms with Gasteiger partial charge in [-0.3, -0.25) is 4.90 Å². The Hall–Kier alpha value is -0.640. The van der Waals surface area contributed by atoms with Gasteiger partial charge in [-0.25, -0.2) is 4.39 Å². The number of halogens is 2. The van der Waals surface area contributed by atoms with Crippen molar-refractivity contribution in [2.75, 3.05) is 19.6 Å². The topological polar surface area (TPSA) is 29.3 Å². The van der Waals surface area contributed by atoms with Crippen LogP contribution in [0.15, 0.2) is 18.2 Å². The molecule has 112 valence electrons. The predicted molar refractivity (Wildman–Crippen MR) is 82.4 cm³/mol. The van der Waals surface area contributed by atoms with Crippen molar-refractivity contribution in [1.29, 1.82) is 0 Å². The average Bonchev–Trinajstić information content (AvgIpc) is 2.45. The lowest BCUT2D eigenvalue weighted by molar-refractivity contribution is 0.129. The zero-order valence-electron chi connectivity index (χ0n) is 12.1. The smallest absolute Gasteiger partial charge is 0.129 e. The van der Waals surface area contributed by atoms with Gasteiger partial charge in [-0.1, -0.05) is 37.4 Å². The predicted octanol–water partition coefficient (Wildman–Crippen LogP) is 3.99. The van der Waals surface area contributed by atoms with Crippen molar-refractivity contribution < 1.29 is 4.39 Å². The molecule has 0 aromatic heterocycles. The van der Waals surface area contributed by atoms with E-state index in [0.29, 0.717) is 17.1 Å². The second-order valence-corrected chi connectivity index (χ2v) is 6.06. The van der Waals surface area contributed by atoms with Crippen molar-refractivity contribution >= 4 is 11.6 Å². The fourth-order valence-electron chi connectivity index (χ4n) is 3.24. The molecule has 1 aliphatic rings. The van der Waals surface area contributed by atoms with Gasteiger partial charge in [0.1, 0.15) is 5.82 Å². The van der Waals surface area contributed by atoms with Crippen molar-refractivity contribution in [3.05, 3.63) is 34.6 Å². The summed E-state index contributed by atoms with van der Waals surface area (Å²) < 4.78 is 14.1. The Bertz CT molecular complexity index is 410. The minimum atomic E-state index is -0.247. The monoisotopic (exact) mass is 298 g/mol. The van der Waals surface area contributed by atoms with Crippen LogP contribution in [-0.2, 0) is 0 Å². The molecule has 2 nitrogen and oxygen atoms in total. The zero-order valence-corrected chi connectivity index (χ0v) is 12.9. The van der Waals surface area contributed by atoms with Gasteiger partial charge in [0.25, 0.3) is 0 Å². The number of benzene rings is 1. The van der Waals surface area contributed by atoms with Gasteiger partial charge in [-0.2, -0.15) is 0 Å². The molecule has 0 bridgehead atoms. The fourth-order valence-corrected chi connectivity index (χ4v) is 3.53. The highest BCUT2D eigenvalue weighted by Crippen LogP contribution is 2.33. The third kappa shape index (κ3) is 3.51. The van der Waals surface area contributed by atoms with Crippen LogP contribution >= 0.6 is 11.6 Å². The summed E-state index contributed by atoms with van der Waals surface area (Å²) in [5.74, 6) is 0.564. The lowest BCUT2D eigenvalue weighted by atomic mass is 9.91. The first-order valence-electron chi connectivity index (χ1n) is 7.55. The molecule has 1 unspecified atom stereocenters. The van der Waals surface area contributed by atoms with E-state index >= 15 is 0 Å². The Morgan fingerprint density at radius 1 is 1.40 bits per heavy atom. The standard InChI is InChI=1S/C16H24ClFN2/c1-2-4-12-7-9-20(10-8-12)15(11-19)16-13(17)5-3-6-14(16)18/h3,5-6,12,15H,2,4,7-11,19H2,1H3. The van der Waals surface area contributed by atoms with E-state index in [1.165, 1.54) is 31.7 Å². The highest BCUT2D eigenvalue weighted by molar-refractivity contribution is 6.31. The molecule has 0 saturated carbocycles. The van der Waals surface area contributed by atoms with Crippen LogP contribution in [0, 0.1) is 11.7 Å². The lowest BCUT2D eigenvalue weighted by Crippen LogP contribution is -2.40. The van der Waals surface area contributed by atoms with E-state index < -0.39 is 0 Å². The van der Waals surface area contributed by atoms with Gasteiger partial charge in [-0.15, -0.1) is 0 Å². The Kier molecular flexibility index (Phi) is 5.82. The van der Waals surface area contributed by atoms with Crippen LogP contribution in [0.3, 0.4) is 0 Å². The van der Waals surface area contributed by atoms with Crippen LogP contribution in [0.4, 0.5) is 4.39 Å². The summed E-state index contributed by atoms with van der Waals surface area (Å²) in [6.45, 7) is 4.60. The summed E-state index contributed by atoms with van der Waals surface area (Å²) in [4.78, 5) is 2.29. The molecule has 0 spiro atoms. The Morgan fingerprint density at radius 3 is 2.65 bits per heavy atom. The largest absolute Gasteiger partial charge is 0.329 e. The first-order valence-corrected chi connectivity index (χ1v) is 7.93. The molecular formula is C16H24ClFN2. The minimum Gasteiger partial charge on any atom is -0.329 e. The van der Waals surface area contributed by atoms with Crippen LogP contribution < -0.4 is 5.73 Å². The third-order valence-electron chi connectivity index (χ3n) is 4.34. The molecule has 1 atom stereocenters. The van der Waals surface area contributed by atoms with Gasteiger partial charge in [-0.05, 0) is 44.0 Å². The molecule has 1 fully saturated rings. The molecule has 2 N–H and O–H groups in total. The normalized spacial score (nSPS) is 19.2. The molecule has 0 aliphatic carbocycles. The number of hydrogen-bond donors (Lipinski definition) is 1. The van der Waals surface area contributed by atoms with Gasteiger partial charge in [0, 0.05) is 17.1 Å². The van der Waals surface area contributed by atoms with Crippen molar-refractivity contribution in [2.24, 2.45) is 11.7 Å². The first-order chi connectivity index (χ1) is 9.67. The van der Waals surface area contributed by atoms with E-state index in [2.05, 4.69) is 11.8 Å². The summed E-state index contributed by atoms with van der Waals surface area (Å²) in [5, 5.41) is 0.483.